The van der Waals surface area contributed by atoms with Crippen molar-refractivity contribution in [3.63, 3.8) is 0 Å². The molecule has 0 saturated heterocycles. The third-order valence-corrected chi connectivity index (χ3v) is 1.56. The largest absolute Gasteiger partial charge is 0.478 e. The van der Waals surface area contributed by atoms with Gasteiger partial charge in [0.25, 0.3) is 0 Å². The number of carbonyl (C=O) groups is 1. The summed E-state index contributed by atoms with van der Waals surface area (Å²) in [6, 6.07) is 4.20. The molecule has 0 unspecified atom stereocenters. The summed E-state index contributed by atoms with van der Waals surface area (Å²) in [6.45, 7) is 0. The van der Waals surface area contributed by atoms with Gasteiger partial charge in [-0.2, -0.15) is 0 Å². The number of amidine groups is 1. The molecule has 0 aliphatic rings. The maximum Gasteiger partial charge on any atom is 0.336 e. The van der Waals surface area contributed by atoms with Crippen LogP contribution in [0.25, 0.3) is 0 Å². The summed E-state index contributed by atoms with van der Waals surface area (Å²) in [7, 11) is 0. The Morgan fingerprint density at radius 2 is 2.00 bits per heavy atom. The van der Waals surface area contributed by atoms with Crippen molar-refractivity contribution in [3.8, 4) is 0 Å². The first-order chi connectivity index (χ1) is 6.02. The number of anilines is 1. The molecular formula is C8H9N3O2. The van der Waals surface area contributed by atoms with Crippen molar-refractivity contribution in [2.45, 2.75) is 0 Å². The highest BCUT2D eigenvalue weighted by atomic mass is 16.4. The number of hydrogen-bond donors (Lipinski definition) is 4. The molecule has 0 saturated carbocycles. The maximum atomic E-state index is 10.7. The second-order valence-corrected chi connectivity index (χ2v) is 2.52. The SMILES string of the molecule is N=C(N)c1ccc(N)cc1C(=O)O. The van der Waals surface area contributed by atoms with Crippen molar-refractivity contribution in [1.82, 2.24) is 0 Å². The molecular weight excluding hydrogens is 170 g/mol. The standard InChI is InChI=1S/C8H9N3O2/c9-4-1-2-5(7(10)11)6(3-4)8(12)13/h1-3H,9H2,(H3,10,11)(H,12,13). The lowest BCUT2D eigenvalue weighted by molar-refractivity contribution is 0.0696. The predicted octanol–water partition coefficient (Wildman–Crippen LogP) is 0.251. The Balaban J connectivity index is 3.35. The van der Waals surface area contributed by atoms with Crippen molar-refractivity contribution < 1.29 is 9.90 Å². The number of nitrogens with two attached hydrogens (primary N) is 2. The van der Waals surface area contributed by atoms with Crippen LogP contribution in [0.15, 0.2) is 18.2 Å². The third kappa shape index (κ3) is 1.76. The van der Waals surface area contributed by atoms with Crippen LogP contribution >= 0.6 is 0 Å². The lowest BCUT2D eigenvalue weighted by Crippen LogP contribution is -2.16. The van der Waals surface area contributed by atoms with Gasteiger partial charge in [-0.1, -0.05) is 0 Å². The number of hydrogen-bond acceptors (Lipinski definition) is 3. The van der Waals surface area contributed by atoms with E-state index >= 15 is 0 Å². The minimum absolute atomic E-state index is 0.0486. The Kier molecular flexibility index (Phi) is 2.19. The molecule has 0 atom stereocenters. The smallest absolute Gasteiger partial charge is 0.336 e. The molecule has 5 nitrogen and oxygen atoms in total. The molecule has 0 aliphatic heterocycles. The van der Waals surface area contributed by atoms with E-state index in [0.29, 0.717) is 5.69 Å². The topological polar surface area (TPSA) is 113 Å². The van der Waals surface area contributed by atoms with E-state index in [-0.39, 0.29) is 17.0 Å². The van der Waals surface area contributed by atoms with Crippen molar-refractivity contribution in [2.75, 3.05) is 5.73 Å². The summed E-state index contributed by atoms with van der Waals surface area (Å²) in [5.74, 6) is -1.42. The zero-order valence-electron chi connectivity index (χ0n) is 6.74. The number of carboxylic acids is 1. The Morgan fingerprint density at radius 3 is 2.46 bits per heavy atom. The fourth-order valence-corrected chi connectivity index (χ4v) is 0.974. The normalized spacial score (nSPS) is 9.54. The van der Waals surface area contributed by atoms with Crippen molar-refractivity contribution in [3.05, 3.63) is 29.3 Å². The molecule has 13 heavy (non-hydrogen) atoms. The van der Waals surface area contributed by atoms with Crippen LogP contribution in [0.1, 0.15) is 15.9 Å². The van der Waals surface area contributed by atoms with Crippen LogP contribution in [0, 0.1) is 5.41 Å². The van der Waals surface area contributed by atoms with Gasteiger partial charge in [-0.15, -0.1) is 0 Å². The number of nitrogen functional groups attached to an aromatic ring is 2. The van der Waals surface area contributed by atoms with Crippen molar-refractivity contribution >= 4 is 17.5 Å². The predicted molar refractivity (Wildman–Crippen MR) is 48.8 cm³/mol. The minimum atomic E-state index is -1.14. The van der Waals surface area contributed by atoms with Crippen LogP contribution < -0.4 is 11.5 Å². The maximum absolute atomic E-state index is 10.7. The fraction of sp³-hybridized carbons (Fsp3) is 0. The molecule has 1 aromatic carbocycles. The third-order valence-electron chi connectivity index (χ3n) is 1.56. The van der Waals surface area contributed by atoms with E-state index in [0.717, 1.165) is 0 Å². The highest BCUT2D eigenvalue weighted by molar-refractivity contribution is 6.05. The van der Waals surface area contributed by atoms with Gasteiger partial charge in [0.2, 0.25) is 0 Å². The van der Waals surface area contributed by atoms with Crippen LogP contribution in [-0.4, -0.2) is 16.9 Å². The summed E-state index contributed by atoms with van der Waals surface area (Å²) in [4.78, 5) is 10.7. The molecule has 0 bridgehead atoms. The average molecular weight is 179 g/mol. The van der Waals surface area contributed by atoms with Gasteiger partial charge in [0.1, 0.15) is 5.84 Å². The second kappa shape index (κ2) is 3.14. The summed E-state index contributed by atoms with van der Waals surface area (Å²) in [5, 5.41) is 15.8. The number of nitrogens with one attached hydrogen (secondary N) is 1. The number of rotatable bonds is 2. The van der Waals surface area contributed by atoms with Gasteiger partial charge in [-0.25, -0.2) is 4.79 Å². The highest BCUT2D eigenvalue weighted by Gasteiger charge is 2.11. The summed E-state index contributed by atoms with van der Waals surface area (Å²) in [5.41, 5.74) is 11.0. The van der Waals surface area contributed by atoms with Crippen LogP contribution in [-0.2, 0) is 0 Å². The average Bonchev–Trinajstić information content (AvgIpc) is 2.03. The molecule has 0 aromatic heterocycles. The molecule has 0 radical (unpaired) electrons. The zero-order chi connectivity index (χ0) is 10.0. The minimum Gasteiger partial charge on any atom is -0.478 e. The number of aromatic carboxylic acids is 1. The number of carboxylic acid groups (broad SMARTS) is 1. The molecule has 1 aromatic rings. The van der Waals surface area contributed by atoms with Gasteiger partial charge in [-0.05, 0) is 18.2 Å². The van der Waals surface area contributed by atoms with E-state index < -0.39 is 5.97 Å². The second-order valence-electron chi connectivity index (χ2n) is 2.52. The Labute approximate surface area is 74.5 Å². The van der Waals surface area contributed by atoms with Gasteiger partial charge < -0.3 is 16.6 Å². The van der Waals surface area contributed by atoms with Gasteiger partial charge in [0.05, 0.1) is 5.56 Å². The van der Waals surface area contributed by atoms with Crippen LogP contribution in [0.2, 0.25) is 0 Å². The van der Waals surface area contributed by atoms with E-state index in [1.165, 1.54) is 18.2 Å². The fourth-order valence-electron chi connectivity index (χ4n) is 0.974. The molecule has 6 N–H and O–H groups in total. The van der Waals surface area contributed by atoms with Crippen LogP contribution in [0.5, 0.6) is 0 Å². The van der Waals surface area contributed by atoms with Crippen LogP contribution in [0.4, 0.5) is 5.69 Å². The Bertz CT molecular complexity index is 374. The Morgan fingerprint density at radius 1 is 1.38 bits per heavy atom. The van der Waals surface area contributed by atoms with E-state index in [1.54, 1.807) is 0 Å². The molecule has 0 aliphatic carbocycles. The molecule has 5 heteroatoms. The first-order valence-corrected chi connectivity index (χ1v) is 3.49. The monoisotopic (exact) mass is 179 g/mol. The first kappa shape index (κ1) is 9.05. The molecule has 0 heterocycles. The van der Waals surface area contributed by atoms with Gasteiger partial charge in [0, 0.05) is 11.3 Å². The summed E-state index contributed by atoms with van der Waals surface area (Å²) < 4.78 is 0. The van der Waals surface area contributed by atoms with E-state index in [4.69, 9.17) is 22.0 Å². The van der Waals surface area contributed by atoms with E-state index in [1.807, 2.05) is 0 Å². The highest BCUT2D eigenvalue weighted by Crippen LogP contribution is 2.12. The van der Waals surface area contributed by atoms with Gasteiger partial charge >= 0.3 is 5.97 Å². The number of benzene rings is 1. The first-order valence-electron chi connectivity index (χ1n) is 3.49. The lowest BCUT2D eigenvalue weighted by atomic mass is 10.1. The van der Waals surface area contributed by atoms with E-state index in [9.17, 15) is 4.79 Å². The van der Waals surface area contributed by atoms with E-state index in [2.05, 4.69) is 0 Å². The molecule has 1 rings (SSSR count). The zero-order valence-corrected chi connectivity index (χ0v) is 6.74. The van der Waals surface area contributed by atoms with Crippen molar-refractivity contribution in [1.29, 1.82) is 5.41 Å². The molecule has 0 spiro atoms. The Hall–Kier alpha value is -2.04. The lowest BCUT2D eigenvalue weighted by Gasteiger charge is -2.04. The molecule has 0 fully saturated rings. The van der Waals surface area contributed by atoms with Crippen LogP contribution in [0.3, 0.4) is 0 Å². The molecule has 68 valence electrons. The quantitative estimate of drug-likeness (QED) is 0.296. The van der Waals surface area contributed by atoms with Gasteiger partial charge in [-0.3, -0.25) is 5.41 Å². The summed E-state index contributed by atoms with van der Waals surface area (Å²) >= 11 is 0. The van der Waals surface area contributed by atoms with Crippen molar-refractivity contribution in [2.24, 2.45) is 5.73 Å². The van der Waals surface area contributed by atoms with Gasteiger partial charge in [0.15, 0.2) is 0 Å². The molecule has 0 amide bonds. The summed E-state index contributed by atoms with van der Waals surface area (Å²) in [6.07, 6.45) is 0.